The minimum Gasteiger partial charge on any atom is -0.290 e. The molecule has 1 aromatic carbocycles. The van der Waals surface area contributed by atoms with Gasteiger partial charge in [0, 0.05) is 11.3 Å². The van der Waals surface area contributed by atoms with Gasteiger partial charge in [0.15, 0.2) is 4.77 Å². The van der Waals surface area contributed by atoms with Gasteiger partial charge in [-0.2, -0.15) is 5.10 Å². The minimum atomic E-state index is -0.331. The fraction of sp³-hybridized carbons (Fsp3) is 0. The van der Waals surface area contributed by atoms with Gasteiger partial charge < -0.3 is 0 Å². The monoisotopic (exact) mass is 235 g/mol. The van der Waals surface area contributed by atoms with E-state index in [1.165, 1.54) is 0 Å². The summed E-state index contributed by atoms with van der Waals surface area (Å²) < 4.78 is 2.19. The summed E-state index contributed by atoms with van der Waals surface area (Å²) in [5.41, 5.74) is 3.38. The summed E-state index contributed by atoms with van der Waals surface area (Å²) in [5.74, 6) is 4.69. The molecule has 82 valence electrons. The van der Waals surface area contributed by atoms with Gasteiger partial charge in [-0.15, -0.1) is 0 Å². The quantitative estimate of drug-likeness (QED) is 0.307. The average Bonchev–Trinajstić information content (AvgIpc) is 2.75. The van der Waals surface area contributed by atoms with E-state index in [0.717, 1.165) is 5.69 Å². The molecule has 1 heterocycles. The van der Waals surface area contributed by atoms with Gasteiger partial charge in [-0.1, -0.05) is 0 Å². The van der Waals surface area contributed by atoms with Crippen LogP contribution in [0.25, 0.3) is 5.69 Å². The first-order chi connectivity index (χ1) is 7.72. The molecule has 0 aliphatic rings. The van der Waals surface area contributed by atoms with E-state index in [1.807, 2.05) is 0 Å². The first kappa shape index (κ1) is 10.5. The average molecular weight is 235 g/mol. The third kappa shape index (κ3) is 1.86. The van der Waals surface area contributed by atoms with E-state index in [0.29, 0.717) is 10.3 Å². The number of hydrogen-bond donors (Lipinski definition) is 3. The molecule has 0 fully saturated rings. The Labute approximate surface area is 96.1 Å². The van der Waals surface area contributed by atoms with Crippen molar-refractivity contribution in [3.8, 4) is 5.69 Å². The van der Waals surface area contributed by atoms with E-state index in [1.54, 1.807) is 35.2 Å². The zero-order valence-electron chi connectivity index (χ0n) is 8.18. The summed E-state index contributed by atoms with van der Waals surface area (Å²) in [6, 6.07) is 6.84. The van der Waals surface area contributed by atoms with Crippen molar-refractivity contribution in [2.75, 3.05) is 0 Å². The molecule has 0 bridgehead atoms. The molecule has 4 N–H and O–H groups in total. The van der Waals surface area contributed by atoms with Crippen molar-refractivity contribution < 1.29 is 4.79 Å². The van der Waals surface area contributed by atoms with Crippen LogP contribution in [-0.4, -0.2) is 20.7 Å². The van der Waals surface area contributed by atoms with E-state index in [-0.39, 0.29) is 5.91 Å². The fourth-order valence-electron chi connectivity index (χ4n) is 1.29. The van der Waals surface area contributed by atoms with Crippen LogP contribution in [0.5, 0.6) is 0 Å². The number of nitrogens with zero attached hydrogens (tertiary/aromatic N) is 2. The van der Waals surface area contributed by atoms with Crippen LogP contribution in [-0.2, 0) is 0 Å². The number of amides is 1. The van der Waals surface area contributed by atoms with Crippen molar-refractivity contribution in [2.45, 2.75) is 0 Å². The number of nitrogen functional groups attached to an aromatic ring is 1. The SMILES string of the molecule is NNC(=O)c1ccc(-n2cn[nH]c2=S)cc1. The number of carbonyl (C=O) groups is 1. The summed E-state index contributed by atoms with van der Waals surface area (Å²) in [6.45, 7) is 0. The van der Waals surface area contributed by atoms with Gasteiger partial charge in [0.25, 0.3) is 5.91 Å². The number of hydrogen-bond acceptors (Lipinski definition) is 4. The zero-order chi connectivity index (χ0) is 11.5. The Morgan fingerprint density at radius 3 is 2.62 bits per heavy atom. The Kier molecular flexibility index (Phi) is 2.80. The number of nitrogens with two attached hydrogens (primary N) is 1. The van der Waals surface area contributed by atoms with Gasteiger partial charge in [-0.3, -0.25) is 19.9 Å². The van der Waals surface area contributed by atoms with Gasteiger partial charge in [-0.25, -0.2) is 5.84 Å². The smallest absolute Gasteiger partial charge is 0.265 e. The maximum Gasteiger partial charge on any atom is 0.265 e. The predicted molar refractivity (Wildman–Crippen MR) is 60.4 cm³/mol. The van der Waals surface area contributed by atoms with Crippen molar-refractivity contribution in [3.05, 3.63) is 40.9 Å². The second-order valence-electron chi connectivity index (χ2n) is 3.05. The molecule has 7 heteroatoms. The van der Waals surface area contributed by atoms with E-state index in [2.05, 4.69) is 15.6 Å². The minimum absolute atomic E-state index is 0.331. The molecular formula is C9H9N5OS. The van der Waals surface area contributed by atoms with Crippen LogP contribution in [0.2, 0.25) is 0 Å². The standard InChI is InChI=1S/C9H9N5OS/c10-12-8(15)6-1-3-7(4-2-6)14-5-11-13-9(14)16/h1-5H,10H2,(H,12,15)(H,13,16). The summed E-state index contributed by atoms with van der Waals surface area (Å²) in [5, 5.41) is 6.45. The van der Waals surface area contributed by atoms with Gasteiger partial charge in [-0.05, 0) is 36.5 Å². The number of rotatable bonds is 2. The van der Waals surface area contributed by atoms with E-state index in [9.17, 15) is 4.79 Å². The van der Waals surface area contributed by atoms with Gasteiger partial charge in [0.2, 0.25) is 0 Å². The van der Waals surface area contributed by atoms with Crippen molar-refractivity contribution in [2.24, 2.45) is 5.84 Å². The van der Waals surface area contributed by atoms with Crippen LogP contribution in [0, 0.1) is 4.77 Å². The largest absolute Gasteiger partial charge is 0.290 e. The second-order valence-corrected chi connectivity index (χ2v) is 3.44. The van der Waals surface area contributed by atoms with Gasteiger partial charge >= 0.3 is 0 Å². The molecule has 0 saturated carbocycles. The summed E-state index contributed by atoms with van der Waals surface area (Å²) >= 11 is 5.02. The molecule has 0 unspecified atom stereocenters. The predicted octanol–water partition coefficient (Wildman–Crippen LogP) is 0.533. The highest BCUT2D eigenvalue weighted by molar-refractivity contribution is 7.71. The lowest BCUT2D eigenvalue weighted by atomic mass is 10.2. The molecule has 0 atom stereocenters. The molecule has 1 amide bonds. The second kappa shape index (κ2) is 4.25. The Balaban J connectivity index is 2.37. The van der Waals surface area contributed by atoms with E-state index in [4.69, 9.17) is 18.1 Å². The topological polar surface area (TPSA) is 88.7 Å². The molecule has 2 aromatic rings. The molecule has 0 radical (unpaired) electrons. The number of nitrogens with one attached hydrogen (secondary N) is 2. The highest BCUT2D eigenvalue weighted by atomic mass is 32.1. The Hall–Kier alpha value is -1.99. The summed E-state index contributed by atoms with van der Waals surface area (Å²) in [4.78, 5) is 11.2. The Morgan fingerprint density at radius 2 is 2.12 bits per heavy atom. The lowest BCUT2D eigenvalue weighted by Gasteiger charge is -2.03. The van der Waals surface area contributed by atoms with Crippen molar-refractivity contribution >= 4 is 18.1 Å². The molecule has 0 aliphatic heterocycles. The van der Waals surface area contributed by atoms with Crippen LogP contribution in [0.1, 0.15) is 10.4 Å². The molecular weight excluding hydrogens is 226 g/mol. The number of aromatic nitrogens is 3. The molecule has 16 heavy (non-hydrogen) atoms. The van der Waals surface area contributed by atoms with Crippen LogP contribution >= 0.6 is 12.2 Å². The van der Waals surface area contributed by atoms with E-state index >= 15 is 0 Å². The maximum absolute atomic E-state index is 11.2. The third-order valence-corrected chi connectivity index (χ3v) is 2.38. The molecule has 1 aromatic heterocycles. The van der Waals surface area contributed by atoms with Crippen LogP contribution in [0.4, 0.5) is 0 Å². The van der Waals surface area contributed by atoms with Gasteiger partial charge in [0.05, 0.1) is 0 Å². The highest BCUT2D eigenvalue weighted by Gasteiger charge is 2.03. The first-order valence-corrected chi connectivity index (χ1v) is 4.86. The van der Waals surface area contributed by atoms with Crippen LogP contribution in [0.15, 0.2) is 30.6 Å². The molecule has 2 rings (SSSR count). The number of hydrazine groups is 1. The van der Waals surface area contributed by atoms with Gasteiger partial charge in [0.1, 0.15) is 6.33 Å². The highest BCUT2D eigenvalue weighted by Crippen LogP contribution is 2.09. The Morgan fingerprint density at radius 1 is 1.44 bits per heavy atom. The van der Waals surface area contributed by atoms with Crippen molar-refractivity contribution in [1.29, 1.82) is 0 Å². The number of H-pyrrole nitrogens is 1. The Bertz CT molecular complexity index is 556. The summed E-state index contributed by atoms with van der Waals surface area (Å²) in [7, 11) is 0. The van der Waals surface area contributed by atoms with Crippen LogP contribution < -0.4 is 11.3 Å². The molecule has 0 aliphatic carbocycles. The molecule has 0 saturated heterocycles. The maximum atomic E-state index is 11.2. The number of carbonyl (C=O) groups excluding carboxylic acids is 1. The normalized spacial score (nSPS) is 10.1. The fourth-order valence-corrected chi connectivity index (χ4v) is 1.49. The first-order valence-electron chi connectivity index (χ1n) is 4.46. The molecule has 6 nitrogen and oxygen atoms in total. The zero-order valence-corrected chi connectivity index (χ0v) is 8.99. The lowest BCUT2D eigenvalue weighted by Crippen LogP contribution is -2.29. The summed E-state index contributed by atoms with van der Waals surface area (Å²) in [6.07, 6.45) is 1.57. The van der Waals surface area contributed by atoms with Crippen molar-refractivity contribution in [3.63, 3.8) is 0 Å². The lowest BCUT2D eigenvalue weighted by molar-refractivity contribution is 0.0953. The number of benzene rings is 1. The van der Waals surface area contributed by atoms with Crippen molar-refractivity contribution in [1.82, 2.24) is 20.2 Å². The van der Waals surface area contributed by atoms with E-state index < -0.39 is 0 Å². The number of aromatic amines is 1. The van der Waals surface area contributed by atoms with Crippen LogP contribution in [0.3, 0.4) is 0 Å². The third-order valence-electron chi connectivity index (χ3n) is 2.09. The molecule has 0 spiro atoms.